The first-order valence-electron chi connectivity index (χ1n) is 6.38. The number of nitrogens with one attached hydrogen (secondary N) is 2. The van der Waals surface area contributed by atoms with Crippen LogP contribution < -0.4 is 5.32 Å². The summed E-state index contributed by atoms with van der Waals surface area (Å²) >= 11 is 0. The molecule has 0 radical (unpaired) electrons. The molecule has 17 heavy (non-hydrogen) atoms. The molecular formula is C14H19N3. The third-order valence-corrected chi connectivity index (χ3v) is 4.03. The van der Waals surface area contributed by atoms with Crippen molar-refractivity contribution in [3.8, 4) is 0 Å². The number of rotatable bonds is 4. The van der Waals surface area contributed by atoms with Crippen molar-refractivity contribution in [3.63, 3.8) is 0 Å². The van der Waals surface area contributed by atoms with Crippen molar-refractivity contribution >= 4 is 11.0 Å². The topological polar surface area (TPSA) is 40.7 Å². The van der Waals surface area contributed by atoms with Gasteiger partial charge in [0, 0.05) is 6.54 Å². The maximum Gasteiger partial charge on any atom is 0.0931 e. The summed E-state index contributed by atoms with van der Waals surface area (Å²) in [6, 6.07) is 6.59. The predicted molar refractivity (Wildman–Crippen MR) is 70.0 cm³/mol. The average Bonchev–Trinajstić information content (AvgIpc) is 2.73. The van der Waals surface area contributed by atoms with Gasteiger partial charge in [0.15, 0.2) is 0 Å². The van der Waals surface area contributed by atoms with Crippen LogP contribution in [0.3, 0.4) is 0 Å². The molecule has 0 bridgehead atoms. The van der Waals surface area contributed by atoms with Crippen LogP contribution in [0.5, 0.6) is 0 Å². The zero-order valence-electron chi connectivity index (χ0n) is 10.3. The SMILES string of the molecule is CNCC1(Cc2ccc3nc[nH]c3c2)CCC1. The Morgan fingerprint density at radius 2 is 2.29 bits per heavy atom. The van der Waals surface area contributed by atoms with Crippen LogP contribution in [0.25, 0.3) is 11.0 Å². The van der Waals surface area contributed by atoms with E-state index in [-0.39, 0.29) is 0 Å². The summed E-state index contributed by atoms with van der Waals surface area (Å²) in [6.07, 6.45) is 7.04. The first kappa shape index (κ1) is 10.8. The molecule has 1 aromatic carbocycles. The molecule has 0 saturated heterocycles. The highest BCUT2D eigenvalue weighted by molar-refractivity contribution is 5.75. The molecule has 90 valence electrons. The third-order valence-electron chi connectivity index (χ3n) is 4.03. The van der Waals surface area contributed by atoms with Crippen LogP contribution in [-0.4, -0.2) is 23.6 Å². The molecule has 3 rings (SSSR count). The molecule has 0 unspecified atom stereocenters. The normalized spacial score (nSPS) is 18.2. The summed E-state index contributed by atoms with van der Waals surface area (Å²) in [5.41, 5.74) is 4.14. The largest absolute Gasteiger partial charge is 0.345 e. The molecule has 1 fully saturated rings. The highest BCUT2D eigenvalue weighted by atomic mass is 14.9. The number of imidazole rings is 1. The molecule has 0 spiro atoms. The van der Waals surface area contributed by atoms with Gasteiger partial charge in [-0.15, -0.1) is 0 Å². The Hall–Kier alpha value is -1.35. The second kappa shape index (κ2) is 4.15. The van der Waals surface area contributed by atoms with Gasteiger partial charge in [-0.2, -0.15) is 0 Å². The van der Waals surface area contributed by atoms with Gasteiger partial charge in [-0.1, -0.05) is 12.5 Å². The summed E-state index contributed by atoms with van der Waals surface area (Å²) in [6.45, 7) is 1.13. The van der Waals surface area contributed by atoms with Gasteiger partial charge in [0.05, 0.1) is 17.4 Å². The van der Waals surface area contributed by atoms with Gasteiger partial charge in [-0.3, -0.25) is 0 Å². The van der Waals surface area contributed by atoms with Crippen molar-refractivity contribution < 1.29 is 0 Å². The van der Waals surface area contributed by atoms with Crippen molar-refractivity contribution in [3.05, 3.63) is 30.1 Å². The minimum atomic E-state index is 0.502. The van der Waals surface area contributed by atoms with E-state index in [1.807, 2.05) is 0 Å². The maximum absolute atomic E-state index is 4.26. The van der Waals surface area contributed by atoms with E-state index in [4.69, 9.17) is 0 Å². The van der Waals surface area contributed by atoms with Crippen LogP contribution in [0, 0.1) is 5.41 Å². The molecule has 3 nitrogen and oxygen atoms in total. The number of aromatic amines is 1. The quantitative estimate of drug-likeness (QED) is 0.845. The summed E-state index contributed by atoms with van der Waals surface area (Å²) in [7, 11) is 2.05. The minimum absolute atomic E-state index is 0.502. The Balaban J connectivity index is 1.83. The van der Waals surface area contributed by atoms with E-state index in [0.717, 1.165) is 17.6 Å². The lowest BCUT2D eigenvalue weighted by Crippen LogP contribution is -2.40. The molecule has 0 amide bonds. The van der Waals surface area contributed by atoms with Crippen LogP contribution in [0.1, 0.15) is 24.8 Å². The van der Waals surface area contributed by atoms with Gasteiger partial charge in [-0.25, -0.2) is 4.98 Å². The number of hydrogen-bond donors (Lipinski definition) is 2. The summed E-state index contributed by atoms with van der Waals surface area (Å²) in [4.78, 5) is 7.45. The molecule has 0 atom stereocenters. The van der Waals surface area contributed by atoms with E-state index >= 15 is 0 Å². The number of fused-ring (bicyclic) bond motifs is 1. The van der Waals surface area contributed by atoms with Crippen molar-refractivity contribution in [2.45, 2.75) is 25.7 Å². The molecule has 2 aromatic rings. The first-order valence-corrected chi connectivity index (χ1v) is 6.38. The zero-order valence-corrected chi connectivity index (χ0v) is 10.3. The Kier molecular flexibility index (Phi) is 2.63. The second-order valence-corrected chi connectivity index (χ2v) is 5.31. The van der Waals surface area contributed by atoms with Crippen LogP contribution >= 0.6 is 0 Å². The lowest BCUT2D eigenvalue weighted by Gasteiger charge is -2.42. The molecule has 0 aliphatic heterocycles. The van der Waals surface area contributed by atoms with Crippen molar-refractivity contribution in [1.82, 2.24) is 15.3 Å². The highest BCUT2D eigenvalue weighted by Gasteiger charge is 2.36. The standard InChI is InChI=1S/C14H19N3/c1-15-9-14(5-2-6-14)8-11-3-4-12-13(7-11)17-10-16-12/h3-4,7,10,15H,2,5-6,8-9H2,1H3,(H,16,17). The average molecular weight is 229 g/mol. The number of aromatic nitrogens is 2. The summed E-state index contributed by atoms with van der Waals surface area (Å²) < 4.78 is 0. The molecule has 2 N–H and O–H groups in total. The molecule has 1 aliphatic rings. The fourth-order valence-corrected chi connectivity index (χ4v) is 2.99. The van der Waals surface area contributed by atoms with Crippen LogP contribution in [-0.2, 0) is 6.42 Å². The van der Waals surface area contributed by atoms with E-state index in [1.165, 1.54) is 31.2 Å². The molecule has 1 aromatic heterocycles. The highest BCUT2D eigenvalue weighted by Crippen LogP contribution is 2.43. The van der Waals surface area contributed by atoms with Gasteiger partial charge in [0.25, 0.3) is 0 Å². The number of benzene rings is 1. The number of hydrogen-bond acceptors (Lipinski definition) is 2. The minimum Gasteiger partial charge on any atom is -0.345 e. The van der Waals surface area contributed by atoms with Crippen LogP contribution in [0.4, 0.5) is 0 Å². The molecule has 1 aliphatic carbocycles. The molecule has 1 heterocycles. The fraction of sp³-hybridized carbons (Fsp3) is 0.500. The zero-order chi connectivity index (χ0) is 11.7. The second-order valence-electron chi connectivity index (χ2n) is 5.31. The van der Waals surface area contributed by atoms with Gasteiger partial charge >= 0.3 is 0 Å². The monoisotopic (exact) mass is 229 g/mol. The number of H-pyrrole nitrogens is 1. The maximum atomic E-state index is 4.26. The summed E-state index contributed by atoms with van der Waals surface area (Å²) in [5.74, 6) is 0. The number of nitrogens with zero attached hydrogens (tertiary/aromatic N) is 1. The Morgan fingerprint density at radius 1 is 1.41 bits per heavy atom. The van der Waals surface area contributed by atoms with Gasteiger partial charge in [-0.05, 0) is 49.4 Å². The smallest absolute Gasteiger partial charge is 0.0931 e. The lowest BCUT2D eigenvalue weighted by molar-refractivity contribution is 0.133. The first-order chi connectivity index (χ1) is 8.31. The third kappa shape index (κ3) is 1.95. The van der Waals surface area contributed by atoms with Crippen molar-refractivity contribution in [2.75, 3.05) is 13.6 Å². The predicted octanol–water partition coefficient (Wildman–Crippen LogP) is 2.50. The lowest BCUT2D eigenvalue weighted by atomic mass is 9.65. The van der Waals surface area contributed by atoms with Gasteiger partial charge in [0.1, 0.15) is 0 Å². The van der Waals surface area contributed by atoms with E-state index in [9.17, 15) is 0 Å². The van der Waals surface area contributed by atoms with Crippen molar-refractivity contribution in [1.29, 1.82) is 0 Å². The van der Waals surface area contributed by atoms with E-state index < -0.39 is 0 Å². The van der Waals surface area contributed by atoms with Crippen molar-refractivity contribution in [2.24, 2.45) is 5.41 Å². The van der Waals surface area contributed by atoms with Gasteiger partial charge < -0.3 is 10.3 Å². The van der Waals surface area contributed by atoms with E-state index in [0.29, 0.717) is 5.41 Å². The van der Waals surface area contributed by atoms with Gasteiger partial charge in [0.2, 0.25) is 0 Å². The van der Waals surface area contributed by atoms with E-state index in [1.54, 1.807) is 6.33 Å². The van der Waals surface area contributed by atoms with Crippen LogP contribution in [0.2, 0.25) is 0 Å². The van der Waals surface area contributed by atoms with Crippen LogP contribution in [0.15, 0.2) is 24.5 Å². The Bertz CT molecular complexity index is 511. The molecular weight excluding hydrogens is 210 g/mol. The fourth-order valence-electron chi connectivity index (χ4n) is 2.99. The molecule has 3 heteroatoms. The molecule has 1 saturated carbocycles. The Labute approximate surface area is 102 Å². The Morgan fingerprint density at radius 3 is 3.00 bits per heavy atom. The summed E-state index contributed by atoms with van der Waals surface area (Å²) in [5, 5.41) is 3.34. The van der Waals surface area contributed by atoms with E-state index in [2.05, 4.69) is 40.5 Å².